The van der Waals surface area contributed by atoms with Crippen LogP contribution in [0.15, 0.2) is 12.3 Å². The summed E-state index contributed by atoms with van der Waals surface area (Å²) in [5.74, 6) is 0. The highest BCUT2D eigenvalue weighted by molar-refractivity contribution is 4.75. The quantitative estimate of drug-likeness (QED) is 0.327. The maximum absolute atomic E-state index is 9.57. The molecule has 0 aromatic carbocycles. The van der Waals surface area contributed by atoms with Crippen molar-refractivity contribution in [3.05, 3.63) is 22.4 Å². The molecule has 0 rings (SSSR count). The first-order valence-electron chi connectivity index (χ1n) is 2.19. The molecule has 0 aliphatic rings. The minimum Gasteiger partial charge on any atom is -0.364 e. The second-order valence-electron chi connectivity index (χ2n) is 1.25. The number of aliphatic hydroxyl groups is 1. The van der Waals surface area contributed by atoms with Crippen molar-refractivity contribution in [3.8, 4) is 0 Å². The topological polar surface area (TPSA) is 72.6 Å². The van der Waals surface area contributed by atoms with Crippen LogP contribution in [0.4, 0.5) is 0 Å². The first-order valence-corrected chi connectivity index (χ1v) is 2.19. The van der Waals surface area contributed by atoms with Crippen LogP contribution in [0.2, 0.25) is 0 Å². The summed E-state index contributed by atoms with van der Waals surface area (Å²) in [5.41, 5.74) is 0. The van der Waals surface area contributed by atoms with Crippen LogP contribution in [0.5, 0.6) is 0 Å². The lowest BCUT2D eigenvalue weighted by molar-refractivity contribution is -0.403. The first kappa shape index (κ1) is 8.06. The molecule has 0 saturated heterocycles. The van der Waals surface area contributed by atoms with Gasteiger partial charge >= 0.3 is 0 Å². The molecular weight excluding hydrogens is 126 g/mol. The fraction of sp³-hybridized carbons (Fsp3) is 0.500. The van der Waals surface area contributed by atoms with Crippen LogP contribution in [0.25, 0.3) is 0 Å². The molecule has 0 aliphatic heterocycles. The van der Waals surface area contributed by atoms with Crippen molar-refractivity contribution in [1.29, 1.82) is 0 Å². The van der Waals surface area contributed by atoms with Gasteiger partial charge in [-0.05, 0) is 0 Å². The van der Waals surface area contributed by atoms with Gasteiger partial charge in [-0.2, -0.15) is 0 Å². The molecule has 0 amide bonds. The van der Waals surface area contributed by atoms with Crippen molar-refractivity contribution in [2.75, 3.05) is 7.11 Å². The molecule has 5 heteroatoms. The minimum atomic E-state index is -1.18. The number of rotatable bonds is 3. The predicted molar refractivity (Wildman–Crippen MR) is 29.2 cm³/mol. The van der Waals surface area contributed by atoms with E-state index in [2.05, 4.69) is 4.74 Å². The van der Waals surface area contributed by atoms with E-state index in [-0.39, 0.29) is 0 Å². The summed E-state index contributed by atoms with van der Waals surface area (Å²) in [5, 5.41) is 18.1. The molecule has 0 aromatic heterocycles. The smallest absolute Gasteiger partial charge is 0.235 e. The number of nitrogens with zero attached hydrogens (tertiary/aromatic N) is 1. The third-order valence-corrected chi connectivity index (χ3v) is 0.614. The summed E-state index contributed by atoms with van der Waals surface area (Å²) in [4.78, 5) is 8.89. The van der Waals surface area contributed by atoms with Gasteiger partial charge in [0.15, 0.2) is 6.29 Å². The molecule has 0 aromatic rings. The van der Waals surface area contributed by atoms with Gasteiger partial charge in [0.05, 0.1) is 4.92 Å². The van der Waals surface area contributed by atoms with Gasteiger partial charge in [-0.3, -0.25) is 10.1 Å². The van der Waals surface area contributed by atoms with Gasteiger partial charge in [0.2, 0.25) is 6.20 Å². The van der Waals surface area contributed by atoms with Gasteiger partial charge in [-0.1, -0.05) is 0 Å². The zero-order chi connectivity index (χ0) is 7.28. The summed E-state index contributed by atoms with van der Waals surface area (Å²) in [7, 11) is 1.24. The van der Waals surface area contributed by atoms with Crippen molar-refractivity contribution in [1.82, 2.24) is 0 Å². The molecule has 1 atom stereocenters. The molecule has 0 aliphatic carbocycles. The second-order valence-corrected chi connectivity index (χ2v) is 1.25. The summed E-state index contributed by atoms with van der Waals surface area (Å²) >= 11 is 0. The Hall–Kier alpha value is -0.940. The standard InChI is InChI=1S/C4H7NO4/c1-9-4(6)2-3-5(7)8/h2-4,6H,1H3/b3-2+. The van der Waals surface area contributed by atoms with Crippen LogP contribution in [-0.4, -0.2) is 23.4 Å². The van der Waals surface area contributed by atoms with Gasteiger partial charge in [-0.15, -0.1) is 0 Å². The normalized spacial score (nSPS) is 14.0. The van der Waals surface area contributed by atoms with E-state index in [1.165, 1.54) is 7.11 Å². The highest BCUT2D eigenvalue weighted by atomic mass is 16.6. The molecule has 0 spiro atoms. The summed E-state index contributed by atoms with van der Waals surface area (Å²) < 4.78 is 4.26. The lowest BCUT2D eigenvalue weighted by Crippen LogP contribution is -2.04. The molecule has 52 valence electrons. The number of hydrogen-bond donors (Lipinski definition) is 1. The lowest BCUT2D eigenvalue weighted by atomic mass is 10.6. The lowest BCUT2D eigenvalue weighted by Gasteiger charge is -1.96. The molecule has 9 heavy (non-hydrogen) atoms. The number of methoxy groups -OCH3 is 1. The Labute approximate surface area is 51.7 Å². The third-order valence-electron chi connectivity index (χ3n) is 0.614. The number of hydrogen-bond acceptors (Lipinski definition) is 4. The summed E-state index contributed by atoms with van der Waals surface area (Å²) in [6.45, 7) is 0. The van der Waals surface area contributed by atoms with Crippen molar-refractivity contribution in [2.45, 2.75) is 6.29 Å². The van der Waals surface area contributed by atoms with E-state index in [4.69, 9.17) is 5.11 Å². The molecule has 1 N–H and O–H groups in total. The third kappa shape index (κ3) is 4.92. The van der Waals surface area contributed by atoms with Crippen molar-refractivity contribution in [3.63, 3.8) is 0 Å². The van der Waals surface area contributed by atoms with E-state index < -0.39 is 11.2 Å². The fourth-order valence-electron chi connectivity index (χ4n) is 0.222. The van der Waals surface area contributed by atoms with Gasteiger partial charge in [0, 0.05) is 13.2 Å². The van der Waals surface area contributed by atoms with Gasteiger partial charge in [0.25, 0.3) is 0 Å². The molecule has 1 unspecified atom stereocenters. The largest absolute Gasteiger partial charge is 0.364 e. The van der Waals surface area contributed by atoms with Crippen molar-refractivity contribution >= 4 is 0 Å². The van der Waals surface area contributed by atoms with Crippen molar-refractivity contribution < 1.29 is 14.8 Å². The average molecular weight is 133 g/mol. The van der Waals surface area contributed by atoms with Gasteiger partial charge in [-0.25, -0.2) is 0 Å². The van der Waals surface area contributed by atoms with Gasteiger partial charge in [0.1, 0.15) is 0 Å². The number of nitro groups is 1. The first-order chi connectivity index (χ1) is 4.16. The maximum Gasteiger partial charge on any atom is 0.235 e. The van der Waals surface area contributed by atoms with Gasteiger partial charge < -0.3 is 9.84 Å². The van der Waals surface area contributed by atoms with E-state index in [1.54, 1.807) is 0 Å². The van der Waals surface area contributed by atoms with E-state index >= 15 is 0 Å². The second kappa shape index (κ2) is 3.99. The van der Waals surface area contributed by atoms with E-state index in [9.17, 15) is 10.1 Å². The Bertz CT molecular complexity index is 122. The fourth-order valence-corrected chi connectivity index (χ4v) is 0.222. The van der Waals surface area contributed by atoms with Crippen molar-refractivity contribution in [2.24, 2.45) is 0 Å². The molecule has 0 bridgehead atoms. The van der Waals surface area contributed by atoms with Crippen LogP contribution in [-0.2, 0) is 4.74 Å². The Balaban J connectivity index is 3.56. The minimum absolute atomic E-state index is 0.619. The average Bonchev–Trinajstić information content (AvgIpc) is 1.83. The highest BCUT2D eigenvalue weighted by Crippen LogP contribution is 1.84. The molecule has 0 radical (unpaired) electrons. The zero-order valence-electron chi connectivity index (χ0n) is 4.85. The maximum atomic E-state index is 9.57. The van der Waals surface area contributed by atoms with Crippen LogP contribution in [0.1, 0.15) is 0 Å². The highest BCUT2D eigenvalue weighted by Gasteiger charge is 1.94. The number of aliphatic hydroxyl groups excluding tert-OH is 1. The SMILES string of the molecule is COC(O)/C=C/[N+](=O)[O-]. The molecule has 0 fully saturated rings. The van der Waals surface area contributed by atoms with Crippen LogP contribution < -0.4 is 0 Å². The zero-order valence-corrected chi connectivity index (χ0v) is 4.85. The molecule has 0 saturated carbocycles. The monoisotopic (exact) mass is 133 g/mol. The Morgan fingerprint density at radius 1 is 1.89 bits per heavy atom. The van der Waals surface area contributed by atoms with Crippen LogP contribution in [0.3, 0.4) is 0 Å². The summed E-state index contributed by atoms with van der Waals surface area (Å²) in [6, 6.07) is 0. The Morgan fingerprint density at radius 3 is 2.78 bits per heavy atom. The van der Waals surface area contributed by atoms with Crippen LogP contribution >= 0.6 is 0 Å². The molecular formula is C4H7NO4. The number of ether oxygens (including phenoxy) is 1. The van der Waals surface area contributed by atoms with E-state index in [1.807, 2.05) is 0 Å². The Kier molecular flexibility index (Phi) is 3.57. The van der Waals surface area contributed by atoms with E-state index in [0.717, 1.165) is 6.08 Å². The molecule has 5 nitrogen and oxygen atoms in total. The predicted octanol–water partition coefficient (Wildman–Crippen LogP) is -0.258. The van der Waals surface area contributed by atoms with E-state index in [0.29, 0.717) is 6.20 Å². The van der Waals surface area contributed by atoms with Crippen LogP contribution in [0, 0.1) is 10.1 Å². The summed E-state index contributed by atoms with van der Waals surface area (Å²) in [6.07, 6.45) is 0.365. The molecule has 0 heterocycles. The Morgan fingerprint density at radius 2 is 2.44 bits per heavy atom.